The summed E-state index contributed by atoms with van der Waals surface area (Å²) < 4.78 is 13.4. The van der Waals surface area contributed by atoms with Crippen molar-refractivity contribution in [2.24, 2.45) is 0 Å². The van der Waals surface area contributed by atoms with Crippen LogP contribution in [0.2, 0.25) is 0 Å². The molecule has 0 saturated heterocycles. The third-order valence-corrected chi connectivity index (χ3v) is 5.03. The Hall–Kier alpha value is -4.13. The molecule has 1 amide bonds. The van der Waals surface area contributed by atoms with Gasteiger partial charge in [-0.3, -0.25) is 9.78 Å². The van der Waals surface area contributed by atoms with Crippen LogP contribution in [0.5, 0.6) is 11.5 Å². The van der Waals surface area contributed by atoms with Gasteiger partial charge >= 0.3 is 0 Å². The van der Waals surface area contributed by atoms with Crippen LogP contribution in [0.15, 0.2) is 85.5 Å². The molecule has 2 aromatic heterocycles. The monoisotopic (exact) mass is 442 g/mol. The van der Waals surface area contributed by atoms with Crippen molar-refractivity contribution in [1.29, 1.82) is 0 Å². The maximum atomic E-state index is 12.7. The van der Waals surface area contributed by atoms with Crippen molar-refractivity contribution in [2.45, 2.75) is 20.0 Å². The summed E-state index contributed by atoms with van der Waals surface area (Å²) in [6.45, 7) is 3.28. The fourth-order valence-corrected chi connectivity index (χ4v) is 3.34. The molecule has 0 aliphatic carbocycles. The third-order valence-electron chi connectivity index (χ3n) is 5.03. The van der Waals surface area contributed by atoms with Crippen molar-refractivity contribution in [3.63, 3.8) is 0 Å². The third kappa shape index (κ3) is 5.98. The zero-order chi connectivity index (χ0) is 22.9. The first-order valence-electron chi connectivity index (χ1n) is 10.9. The minimum Gasteiger partial charge on any atom is -0.490 e. The van der Waals surface area contributed by atoms with Gasteiger partial charge in [-0.1, -0.05) is 18.2 Å². The molecule has 168 valence electrons. The van der Waals surface area contributed by atoms with Crippen LogP contribution < -0.4 is 14.8 Å². The van der Waals surface area contributed by atoms with Crippen LogP contribution in [0.3, 0.4) is 0 Å². The molecule has 0 aliphatic rings. The molecule has 0 aliphatic heterocycles. The van der Waals surface area contributed by atoms with Crippen LogP contribution in [0.4, 0.5) is 0 Å². The highest BCUT2D eigenvalue weighted by molar-refractivity contribution is 5.94. The Kier molecular flexibility index (Phi) is 7.33. The second-order valence-corrected chi connectivity index (χ2v) is 7.37. The lowest BCUT2D eigenvalue weighted by molar-refractivity contribution is 0.0953. The van der Waals surface area contributed by atoms with Gasteiger partial charge in [0.15, 0.2) is 11.5 Å². The summed E-state index contributed by atoms with van der Waals surface area (Å²) in [4.78, 5) is 16.8. The van der Waals surface area contributed by atoms with Crippen molar-refractivity contribution in [3.05, 3.63) is 102 Å². The minimum atomic E-state index is -0.150. The van der Waals surface area contributed by atoms with Crippen molar-refractivity contribution >= 4 is 5.91 Å². The Morgan fingerprint density at radius 2 is 1.85 bits per heavy atom. The molecule has 1 N–H and O–H groups in total. The first-order valence-corrected chi connectivity index (χ1v) is 10.9. The number of hydrogen-bond donors (Lipinski definition) is 1. The van der Waals surface area contributed by atoms with Crippen molar-refractivity contribution < 1.29 is 14.3 Å². The maximum absolute atomic E-state index is 12.7. The highest BCUT2D eigenvalue weighted by Crippen LogP contribution is 2.29. The molecular formula is C26H26N4O3. The summed E-state index contributed by atoms with van der Waals surface area (Å²) >= 11 is 0. The second kappa shape index (κ2) is 10.9. The number of nitrogens with one attached hydrogen (secondary N) is 1. The van der Waals surface area contributed by atoms with Crippen LogP contribution in [-0.4, -0.2) is 33.8 Å². The van der Waals surface area contributed by atoms with Crippen LogP contribution in [0.25, 0.3) is 5.69 Å². The Bertz CT molecular complexity index is 1160. The molecule has 33 heavy (non-hydrogen) atoms. The van der Waals surface area contributed by atoms with E-state index < -0.39 is 0 Å². The molecule has 4 aromatic rings. The lowest BCUT2D eigenvalue weighted by atomic mass is 10.1. The van der Waals surface area contributed by atoms with Gasteiger partial charge < -0.3 is 14.8 Å². The van der Waals surface area contributed by atoms with E-state index in [0.29, 0.717) is 36.8 Å². The number of amides is 1. The summed E-state index contributed by atoms with van der Waals surface area (Å²) in [6, 6.07) is 19.1. The number of carbonyl (C=O) groups excluding carboxylic acids is 1. The van der Waals surface area contributed by atoms with Crippen LogP contribution in [-0.2, 0) is 13.0 Å². The number of aromatic nitrogens is 3. The number of pyridine rings is 1. The van der Waals surface area contributed by atoms with E-state index in [9.17, 15) is 4.79 Å². The lowest BCUT2D eigenvalue weighted by Gasteiger charge is -2.13. The molecule has 0 radical (unpaired) electrons. The molecular weight excluding hydrogens is 416 g/mol. The number of ether oxygens (including phenoxy) is 2. The number of hydrogen-bond acceptors (Lipinski definition) is 5. The fourth-order valence-electron chi connectivity index (χ4n) is 3.34. The molecule has 2 aromatic carbocycles. The molecule has 7 nitrogen and oxygen atoms in total. The molecule has 7 heteroatoms. The zero-order valence-corrected chi connectivity index (χ0v) is 18.5. The van der Waals surface area contributed by atoms with Gasteiger partial charge in [0, 0.05) is 42.5 Å². The fraction of sp³-hybridized carbons (Fsp3) is 0.192. The summed E-state index contributed by atoms with van der Waals surface area (Å²) in [7, 11) is 0. The topological polar surface area (TPSA) is 78.3 Å². The van der Waals surface area contributed by atoms with Gasteiger partial charge in [-0.05, 0) is 61.4 Å². The van der Waals surface area contributed by atoms with E-state index in [1.165, 1.54) is 0 Å². The molecule has 2 heterocycles. The maximum Gasteiger partial charge on any atom is 0.251 e. The molecule has 0 unspecified atom stereocenters. The Morgan fingerprint density at radius 1 is 0.970 bits per heavy atom. The first-order chi connectivity index (χ1) is 16.2. The molecule has 0 spiro atoms. The summed E-state index contributed by atoms with van der Waals surface area (Å²) in [5, 5.41) is 7.20. The van der Waals surface area contributed by atoms with Crippen LogP contribution in [0, 0.1) is 0 Å². The zero-order valence-electron chi connectivity index (χ0n) is 18.5. The average molecular weight is 443 g/mol. The van der Waals surface area contributed by atoms with Gasteiger partial charge in [0.2, 0.25) is 0 Å². The highest BCUT2D eigenvalue weighted by Gasteiger charge is 2.12. The van der Waals surface area contributed by atoms with Gasteiger partial charge in [0.1, 0.15) is 6.61 Å². The number of carbonyl (C=O) groups is 1. The van der Waals surface area contributed by atoms with Crippen molar-refractivity contribution in [2.75, 3.05) is 13.2 Å². The van der Waals surface area contributed by atoms with Gasteiger partial charge in [-0.15, -0.1) is 0 Å². The van der Waals surface area contributed by atoms with E-state index in [0.717, 1.165) is 23.2 Å². The van der Waals surface area contributed by atoms with E-state index in [1.54, 1.807) is 36.8 Å². The second-order valence-electron chi connectivity index (χ2n) is 7.37. The lowest BCUT2D eigenvalue weighted by Crippen LogP contribution is -2.25. The van der Waals surface area contributed by atoms with Gasteiger partial charge in [0.05, 0.1) is 12.3 Å². The van der Waals surface area contributed by atoms with E-state index in [4.69, 9.17) is 9.47 Å². The predicted molar refractivity (Wildman–Crippen MR) is 126 cm³/mol. The Morgan fingerprint density at radius 3 is 2.58 bits per heavy atom. The summed E-state index contributed by atoms with van der Waals surface area (Å²) in [5.41, 5.74) is 3.63. The van der Waals surface area contributed by atoms with Gasteiger partial charge in [-0.2, -0.15) is 5.10 Å². The Labute approximate surface area is 193 Å². The minimum absolute atomic E-state index is 0.150. The van der Waals surface area contributed by atoms with E-state index >= 15 is 0 Å². The van der Waals surface area contributed by atoms with E-state index in [1.807, 2.05) is 60.3 Å². The highest BCUT2D eigenvalue weighted by atomic mass is 16.5. The Balaban J connectivity index is 1.33. The largest absolute Gasteiger partial charge is 0.490 e. The molecule has 4 rings (SSSR count). The van der Waals surface area contributed by atoms with Gasteiger partial charge in [-0.25, -0.2) is 4.68 Å². The van der Waals surface area contributed by atoms with Crippen LogP contribution in [0.1, 0.15) is 28.4 Å². The number of nitrogens with zero attached hydrogens (tertiary/aromatic N) is 3. The van der Waals surface area contributed by atoms with Gasteiger partial charge in [0.25, 0.3) is 5.91 Å². The van der Waals surface area contributed by atoms with E-state index in [-0.39, 0.29) is 5.91 Å². The van der Waals surface area contributed by atoms with Crippen molar-refractivity contribution in [1.82, 2.24) is 20.1 Å². The number of benzene rings is 2. The molecule has 0 fully saturated rings. The summed E-state index contributed by atoms with van der Waals surface area (Å²) in [6.07, 6.45) is 7.86. The molecule has 0 saturated carbocycles. The quantitative estimate of drug-likeness (QED) is 0.398. The van der Waals surface area contributed by atoms with Crippen LogP contribution >= 0.6 is 0 Å². The standard InChI is InChI=1S/C26H26N4O3/c1-2-32-25-17-22(8-11-24(25)33-19-21-5-3-13-27-18-21)26(31)28-15-12-20-6-9-23(10-7-20)30-16-4-14-29-30/h3-11,13-14,16-18H,2,12,15,19H2,1H3,(H,28,31). The average Bonchev–Trinajstić information content (AvgIpc) is 3.39. The SMILES string of the molecule is CCOc1cc(C(=O)NCCc2ccc(-n3cccn3)cc2)ccc1OCc1cccnc1. The number of rotatable bonds is 10. The smallest absolute Gasteiger partial charge is 0.251 e. The van der Waals surface area contributed by atoms with Crippen molar-refractivity contribution in [3.8, 4) is 17.2 Å². The summed E-state index contributed by atoms with van der Waals surface area (Å²) in [5.74, 6) is 0.987. The van der Waals surface area contributed by atoms with E-state index in [2.05, 4.69) is 15.4 Å². The first kappa shape index (κ1) is 22.1. The predicted octanol–water partition coefficient (Wildman–Crippen LogP) is 4.22. The molecule has 0 bridgehead atoms. The normalized spacial score (nSPS) is 10.6. The molecule has 0 atom stereocenters.